The molecule has 1 fully saturated rings. The molecule has 2 rings (SSSR count). The lowest BCUT2D eigenvalue weighted by Gasteiger charge is -2.12. The molecule has 0 aliphatic heterocycles. The van der Waals surface area contributed by atoms with Gasteiger partial charge < -0.3 is 15.2 Å². The number of carboxylic acid groups (broad SMARTS) is 1. The summed E-state index contributed by atoms with van der Waals surface area (Å²) in [7, 11) is 0. The third kappa shape index (κ3) is 4.58. The molecule has 1 aromatic carbocycles. The maximum absolute atomic E-state index is 10.8. The number of hydrogen-bond donors (Lipinski definition) is 2. The van der Waals surface area contributed by atoms with Crippen molar-refractivity contribution >= 4 is 21.9 Å². The van der Waals surface area contributed by atoms with Gasteiger partial charge in [-0.2, -0.15) is 0 Å². The second-order valence-electron chi connectivity index (χ2n) is 5.07. The van der Waals surface area contributed by atoms with Crippen LogP contribution in [-0.2, 0) is 11.3 Å². The van der Waals surface area contributed by atoms with Gasteiger partial charge in [-0.1, -0.05) is 34.8 Å². The van der Waals surface area contributed by atoms with Crippen molar-refractivity contribution in [1.29, 1.82) is 0 Å². The summed E-state index contributed by atoms with van der Waals surface area (Å²) in [6.45, 7) is 2.24. The van der Waals surface area contributed by atoms with Gasteiger partial charge in [0.25, 0.3) is 0 Å². The van der Waals surface area contributed by atoms with E-state index in [1.165, 1.54) is 25.7 Å². The molecule has 1 aromatic rings. The van der Waals surface area contributed by atoms with E-state index >= 15 is 0 Å². The number of rotatable bonds is 7. The largest absolute Gasteiger partial charge is 0.478 e. The fourth-order valence-electron chi connectivity index (χ4n) is 2.40. The third-order valence-electron chi connectivity index (χ3n) is 3.55. The lowest BCUT2D eigenvalue weighted by Crippen LogP contribution is -2.22. The molecule has 0 radical (unpaired) electrons. The van der Waals surface area contributed by atoms with Crippen molar-refractivity contribution in [2.45, 2.75) is 38.3 Å². The summed E-state index contributed by atoms with van der Waals surface area (Å²) < 4.78 is 6.59. The van der Waals surface area contributed by atoms with Crippen molar-refractivity contribution in [3.8, 4) is 0 Å². The van der Waals surface area contributed by atoms with E-state index in [1.807, 2.05) is 6.07 Å². The van der Waals surface area contributed by atoms with Crippen LogP contribution in [0.1, 0.15) is 41.6 Å². The average Bonchev–Trinajstić information content (AvgIpc) is 2.93. The molecule has 0 amide bonds. The van der Waals surface area contributed by atoms with Crippen molar-refractivity contribution in [3.05, 3.63) is 33.8 Å². The van der Waals surface area contributed by atoms with Crippen molar-refractivity contribution in [2.75, 3.05) is 13.2 Å². The first-order chi connectivity index (χ1) is 9.66. The standard InChI is InChI=1S/C15H20BrNO3/c16-14-9-11(15(18)19)5-6-12(14)10-17-7-8-20-13-3-1-2-4-13/h5-6,9,13,17H,1-4,7-8,10H2,(H,18,19). The molecule has 4 nitrogen and oxygen atoms in total. The van der Waals surface area contributed by atoms with E-state index in [1.54, 1.807) is 12.1 Å². The quantitative estimate of drug-likeness (QED) is 0.747. The number of nitrogens with one attached hydrogen (secondary N) is 1. The number of hydrogen-bond acceptors (Lipinski definition) is 3. The predicted octanol–water partition coefficient (Wildman–Crippen LogP) is 3.20. The van der Waals surface area contributed by atoms with E-state index in [-0.39, 0.29) is 0 Å². The van der Waals surface area contributed by atoms with E-state index in [0.29, 0.717) is 18.2 Å². The van der Waals surface area contributed by atoms with Crippen molar-refractivity contribution in [1.82, 2.24) is 5.32 Å². The number of ether oxygens (including phenoxy) is 1. The Kier molecular flexibility index (Phi) is 6.01. The van der Waals surface area contributed by atoms with Gasteiger partial charge in [0.2, 0.25) is 0 Å². The number of aromatic carboxylic acids is 1. The van der Waals surface area contributed by atoms with Gasteiger partial charge in [-0.3, -0.25) is 0 Å². The van der Waals surface area contributed by atoms with E-state index in [0.717, 1.165) is 23.2 Å². The normalized spacial score (nSPS) is 15.7. The highest BCUT2D eigenvalue weighted by atomic mass is 79.9. The second-order valence-corrected chi connectivity index (χ2v) is 5.92. The molecule has 5 heteroatoms. The topological polar surface area (TPSA) is 58.6 Å². The molecular formula is C15H20BrNO3. The Labute approximate surface area is 127 Å². The molecule has 1 saturated carbocycles. The summed E-state index contributed by atoms with van der Waals surface area (Å²) in [5.74, 6) is -0.907. The fraction of sp³-hybridized carbons (Fsp3) is 0.533. The number of benzene rings is 1. The molecular weight excluding hydrogens is 322 g/mol. The molecule has 110 valence electrons. The monoisotopic (exact) mass is 341 g/mol. The van der Waals surface area contributed by atoms with Gasteiger partial charge >= 0.3 is 5.97 Å². The Morgan fingerprint density at radius 2 is 2.15 bits per heavy atom. The maximum atomic E-state index is 10.8. The van der Waals surface area contributed by atoms with Crippen LogP contribution < -0.4 is 5.32 Å². The number of carbonyl (C=O) groups is 1. The third-order valence-corrected chi connectivity index (χ3v) is 4.29. The fourth-order valence-corrected chi connectivity index (χ4v) is 2.92. The minimum atomic E-state index is -0.907. The Bertz CT molecular complexity index is 458. The zero-order chi connectivity index (χ0) is 14.4. The Balaban J connectivity index is 1.69. The lowest BCUT2D eigenvalue weighted by atomic mass is 10.1. The highest BCUT2D eigenvalue weighted by molar-refractivity contribution is 9.10. The Morgan fingerprint density at radius 3 is 2.80 bits per heavy atom. The first kappa shape index (κ1) is 15.5. The highest BCUT2D eigenvalue weighted by Gasteiger charge is 2.14. The Morgan fingerprint density at radius 1 is 1.40 bits per heavy atom. The molecule has 0 heterocycles. The zero-order valence-corrected chi connectivity index (χ0v) is 13.0. The first-order valence-corrected chi connectivity index (χ1v) is 7.80. The molecule has 0 spiro atoms. The second kappa shape index (κ2) is 7.76. The summed E-state index contributed by atoms with van der Waals surface area (Å²) in [4.78, 5) is 10.8. The van der Waals surface area contributed by atoms with E-state index in [2.05, 4.69) is 21.2 Å². The van der Waals surface area contributed by atoms with Gasteiger partial charge in [0.15, 0.2) is 0 Å². The summed E-state index contributed by atoms with van der Waals surface area (Å²) in [5, 5.41) is 12.2. The van der Waals surface area contributed by atoms with Crippen LogP contribution in [0.4, 0.5) is 0 Å². The van der Waals surface area contributed by atoms with Crippen molar-refractivity contribution < 1.29 is 14.6 Å². The summed E-state index contributed by atoms with van der Waals surface area (Å²) >= 11 is 3.40. The first-order valence-electron chi connectivity index (χ1n) is 7.01. The lowest BCUT2D eigenvalue weighted by molar-refractivity contribution is 0.0602. The molecule has 0 aromatic heterocycles. The SMILES string of the molecule is O=C(O)c1ccc(CNCCOC2CCCC2)c(Br)c1. The van der Waals surface area contributed by atoms with Crippen LogP contribution in [0.2, 0.25) is 0 Å². The smallest absolute Gasteiger partial charge is 0.335 e. The summed E-state index contributed by atoms with van der Waals surface area (Å²) in [5.41, 5.74) is 1.35. The average molecular weight is 342 g/mol. The van der Waals surface area contributed by atoms with Crippen molar-refractivity contribution in [2.24, 2.45) is 0 Å². The molecule has 0 atom stereocenters. The maximum Gasteiger partial charge on any atom is 0.335 e. The van der Waals surface area contributed by atoms with Gasteiger partial charge in [0.05, 0.1) is 18.3 Å². The van der Waals surface area contributed by atoms with Gasteiger partial charge in [0.1, 0.15) is 0 Å². The van der Waals surface area contributed by atoms with Gasteiger partial charge in [-0.15, -0.1) is 0 Å². The number of carboxylic acids is 1. The van der Waals surface area contributed by atoms with Crippen LogP contribution in [0.5, 0.6) is 0 Å². The van der Waals surface area contributed by atoms with Crippen molar-refractivity contribution in [3.63, 3.8) is 0 Å². The Hall–Kier alpha value is -0.910. The van der Waals surface area contributed by atoms with E-state index in [4.69, 9.17) is 9.84 Å². The van der Waals surface area contributed by atoms with Crippen LogP contribution in [0, 0.1) is 0 Å². The molecule has 0 bridgehead atoms. The van der Waals surface area contributed by atoms with E-state index < -0.39 is 5.97 Å². The summed E-state index contributed by atoms with van der Waals surface area (Å²) in [6, 6.07) is 5.09. The molecule has 0 unspecified atom stereocenters. The molecule has 0 saturated heterocycles. The van der Waals surface area contributed by atoms with Crippen LogP contribution in [0.25, 0.3) is 0 Å². The van der Waals surface area contributed by atoms with Gasteiger partial charge in [0, 0.05) is 17.6 Å². The zero-order valence-electron chi connectivity index (χ0n) is 11.4. The molecule has 1 aliphatic rings. The van der Waals surface area contributed by atoms with Gasteiger partial charge in [-0.05, 0) is 30.5 Å². The van der Waals surface area contributed by atoms with Crippen LogP contribution in [-0.4, -0.2) is 30.3 Å². The number of halogens is 1. The van der Waals surface area contributed by atoms with Crippen LogP contribution in [0.3, 0.4) is 0 Å². The van der Waals surface area contributed by atoms with E-state index in [9.17, 15) is 4.79 Å². The minimum absolute atomic E-state index is 0.296. The minimum Gasteiger partial charge on any atom is -0.478 e. The predicted molar refractivity (Wildman–Crippen MR) is 81.0 cm³/mol. The molecule has 20 heavy (non-hydrogen) atoms. The summed E-state index contributed by atoms with van der Waals surface area (Å²) in [6.07, 6.45) is 5.44. The molecule has 1 aliphatic carbocycles. The van der Waals surface area contributed by atoms with Crippen LogP contribution >= 0.6 is 15.9 Å². The highest BCUT2D eigenvalue weighted by Crippen LogP contribution is 2.21. The van der Waals surface area contributed by atoms with Gasteiger partial charge in [-0.25, -0.2) is 4.79 Å². The molecule has 2 N–H and O–H groups in total. The van der Waals surface area contributed by atoms with Crippen LogP contribution in [0.15, 0.2) is 22.7 Å².